The molecular formula is C14H17N3O2. The standard InChI is InChI=1S/C14H17N3O2/c1-16-14(18)13-11(17(2)3)8-12(19-13)9-6-4-5-7-10(9)15/h4-8H,15H2,1-3H3,(H,16,18). The lowest BCUT2D eigenvalue weighted by Gasteiger charge is -2.10. The topological polar surface area (TPSA) is 71.5 Å². The van der Waals surface area contributed by atoms with E-state index in [-0.39, 0.29) is 11.7 Å². The van der Waals surface area contributed by atoms with Gasteiger partial charge in [-0.2, -0.15) is 0 Å². The van der Waals surface area contributed by atoms with E-state index in [0.717, 1.165) is 11.3 Å². The zero-order valence-corrected chi connectivity index (χ0v) is 11.2. The average molecular weight is 259 g/mol. The van der Waals surface area contributed by atoms with Gasteiger partial charge in [0, 0.05) is 38.5 Å². The first-order valence-electron chi connectivity index (χ1n) is 5.92. The summed E-state index contributed by atoms with van der Waals surface area (Å²) in [4.78, 5) is 13.6. The van der Waals surface area contributed by atoms with Crippen molar-refractivity contribution in [3.8, 4) is 11.3 Å². The van der Waals surface area contributed by atoms with Gasteiger partial charge in [0.2, 0.25) is 5.76 Å². The first-order valence-corrected chi connectivity index (χ1v) is 5.92. The van der Waals surface area contributed by atoms with Crippen LogP contribution in [0.4, 0.5) is 11.4 Å². The van der Waals surface area contributed by atoms with Gasteiger partial charge in [0.25, 0.3) is 5.91 Å². The Balaban J connectivity index is 2.55. The summed E-state index contributed by atoms with van der Waals surface area (Å²) in [5.41, 5.74) is 8.04. The summed E-state index contributed by atoms with van der Waals surface area (Å²) in [5.74, 6) is 0.607. The largest absolute Gasteiger partial charge is 0.449 e. The molecule has 0 saturated heterocycles. The molecule has 0 unspecified atom stereocenters. The molecule has 0 spiro atoms. The number of carbonyl (C=O) groups excluding carboxylic acids is 1. The van der Waals surface area contributed by atoms with Crippen LogP contribution in [0.1, 0.15) is 10.6 Å². The number of hydrogen-bond acceptors (Lipinski definition) is 4. The first-order chi connectivity index (χ1) is 9.04. The number of anilines is 2. The van der Waals surface area contributed by atoms with Gasteiger partial charge >= 0.3 is 0 Å². The number of furan rings is 1. The number of nitrogen functional groups attached to an aromatic ring is 1. The summed E-state index contributed by atoms with van der Waals surface area (Å²) in [7, 11) is 5.28. The molecule has 0 bridgehead atoms. The predicted molar refractivity (Wildman–Crippen MR) is 76.3 cm³/mol. The van der Waals surface area contributed by atoms with E-state index in [0.29, 0.717) is 11.4 Å². The van der Waals surface area contributed by atoms with Crippen LogP contribution in [-0.2, 0) is 0 Å². The molecule has 0 radical (unpaired) electrons. The highest BCUT2D eigenvalue weighted by Crippen LogP contribution is 2.33. The molecule has 1 heterocycles. The Labute approximate surface area is 112 Å². The van der Waals surface area contributed by atoms with Gasteiger partial charge in [-0.05, 0) is 12.1 Å². The van der Waals surface area contributed by atoms with E-state index < -0.39 is 0 Å². The summed E-state index contributed by atoms with van der Waals surface area (Å²) in [6.45, 7) is 0. The quantitative estimate of drug-likeness (QED) is 0.826. The van der Waals surface area contributed by atoms with Crippen molar-refractivity contribution in [2.75, 3.05) is 31.8 Å². The monoisotopic (exact) mass is 259 g/mol. The van der Waals surface area contributed by atoms with E-state index in [4.69, 9.17) is 10.2 Å². The van der Waals surface area contributed by atoms with Gasteiger partial charge in [0.15, 0.2) is 0 Å². The van der Waals surface area contributed by atoms with Crippen LogP contribution in [0.15, 0.2) is 34.7 Å². The number of benzene rings is 1. The van der Waals surface area contributed by atoms with Crippen molar-refractivity contribution in [3.63, 3.8) is 0 Å². The Morgan fingerprint density at radius 1 is 1.32 bits per heavy atom. The fourth-order valence-corrected chi connectivity index (χ4v) is 1.84. The van der Waals surface area contributed by atoms with E-state index in [1.807, 2.05) is 43.3 Å². The van der Waals surface area contributed by atoms with Gasteiger partial charge in [0.1, 0.15) is 5.76 Å². The molecule has 19 heavy (non-hydrogen) atoms. The van der Waals surface area contributed by atoms with Crippen molar-refractivity contribution in [2.24, 2.45) is 0 Å². The number of para-hydroxylation sites is 1. The normalized spacial score (nSPS) is 10.3. The minimum Gasteiger partial charge on any atom is -0.449 e. The molecule has 0 saturated carbocycles. The second-order valence-electron chi connectivity index (χ2n) is 4.39. The Morgan fingerprint density at radius 3 is 2.58 bits per heavy atom. The highest BCUT2D eigenvalue weighted by Gasteiger charge is 2.20. The highest BCUT2D eigenvalue weighted by atomic mass is 16.4. The molecule has 0 aliphatic heterocycles. The molecule has 100 valence electrons. The maximum Gasteiger partial charge on any atom is 0.288 e. The fraction of sp³-hybridized carbons (Fsp3) is 0.214. The Hall–Kier alpha value is -2.43. The molecule has 5 nitrogen and oxygen atoms in total. The first kappa shape index (κ1) is 13.0. The van der Waals surface area contributed by atoms with Crippen molar-refractivity contribution >= 4 is 17.3 Å². The average Bonchev–Trinajstić information content (AvgIpc) is 2.83. The predicted octanol–water partition coefficient (Wildman–Crippen LogP) is 1.95. The van der Waals surface area contributed by atoms with E-state index >= 15 is 0 Å². The number of nitrogens with one attached hydrogen (secondary N) is 1. The molecule has 0 aliphatic carbocycles. The number of nitrogens with zero attached hydrogens (tertiary/aromatic N) is 1. The van der Waals surface area contributed by atoms with Crippen molar-refractivity contribution in [2.45, 2.75) is 0 Å². The fourth-order valence-electron chi connectivity index (χ4n) is 1.84. The van der Waals surface area contributed by atoms with Gasteiger partial charge in [-0.25, -0.2) is 0 Å². The van der Waals surface area contributed by atoms with Crippen molar-refractivity contribution in [1.29, 1.82) is 0 Å². The third-order valence-corrected chi connectivity index (χ3v) is 2.85. The van der Waals surface area contributed by atoms with Crippen LogP contribution in [0.3, 0.4) is 0 Å². The lowest BCUT2D eigenvalue weighted by molar-refractivity contribution is 0.0937. The third-order valence-electron chi connectivity index (χ3n) is 2.85. The van der Waals surface area contributed by atoms with E-state index in [2.05, 4.69) is 5.32 Å². The van der Waals surface area contributed by atoms with E-state index in [1.165, 1.54) is 0 Å². The third kappa shape index (κ3) is 2.40. The van der Waals surface area contributed by atoms with Crippen LogP contribution in [0.25, 0.3) is 11.3 Å². The number of carbonyl (C=O) groups is 1. The van der Waals surface area contributed by atoms with Gasteiger partial charge in [0.05, 0.1) is 5.69 Å². The lowest BCUT2D eigenvalue weighted by atomic mass is 10.1. The van der Waals surface area contributed by atoms with Crippen LogP contribution < -0.4 is 16.0 Å². The summed E-state index contributed by atoms with van der Waals surface area (Å²) in [5, 5.41) is 2.57. The SMILES string of the molecule is CNC(=O)c1oc(-c2ccccc2N)cc1N(C)C. The second kappa shape index (κ2) is 5.06. The van der Waals surface area contributed by atoms with Crippen molar-refractivity contribution < 1.29 is 9.21 Å². The van der Waals surface area contributed by atoms with Gasteiger partial charge in [-0.15, -0.1) is 0 Å². The molecule has 1 aromatic carbocycles. The Bertz CT molecular complexity index is 602. The maximum atomic E-state index is 11.8. The zero-order chi connectivity index (χ0) is 14.0. The van der Waals surface area contributed by atoms with Crippen molar-refractivity contribution in [3.05, 3.63) is 36.1 Å². The zero-order valence-electron chi connectivity index (χ0n) is 11.2. The molecule has 0 atom stereocenters. The summed E-state index contributed by atoms with van der Waals surface area (Å²) >= 11 is 0. The molecule has 0 fully saturated rings. The van der Waals surface area contributed by atoms with Crippen LogP contribution in [0, 0.1) is 0 Å². The minimum absolute atomic E-state index is 0.260. The molecule has 5 heteroatoms. The van der Waals surface area contributed by atoms with Gasteiger partial charge in [-0.3, -0.25) is 4.79 Å². The molecule has 1 amide bonds. The molecule has 3 N–H and O–H groups in total. The molecule has 0 aliphatic rings. The maximum absolute atomic E-state index is 11.8. The van der Waals surface area contributed by atoms with Crippen LogP contribution in [0.5, 0.6) is 0 Å². The molecule has 2 rings (SSSR count). The summed E-state index contributed by atoms with van der Waals surface area (Å²) < 4.78 is 5.66. The smallest absolute Gasteiger partial charge is 0.288 e. The van der Waals surface area contributed by atoms with E-state index in [1.54, 1.807) is 13.1 Å². The Morgan fingerprint density at radius 2 is 2.00 bits per heavy atom. The Kier molecular flexibility index (Phi) is 3.46. The van der Waals surface area contributed by atoms with E-state index in [9.17, 15) is 4.79 Å². The minimum atomic E-state index is -0.260. The van der Waals surface area contributed by atoms with Crippen molar-refractivity contribution in [1.82, 2.24) is 5.32 Å². The van der Waals surface area contributed by atoms with Crippen LogP contribution >= 0.6 is 0 Å². The number of amides is 1. The highest BCUT2D eigenvalue weighted by molar-refractivity contribution is 5.98. The van der Waals surface area contributed by atoms with Gasteiger partial charge in [-0.1, -0.05) is 12.1 Å². The van der Waals surface area contributed by atoms with Crippen LogP contribution in [-0.4, -0.2) is 27.1 Å². The number of nitrogens with two attached hydrogens (primary N) is 1. The number of hydrogen-bond donors (Lipinski definition) is 2. The summed E-state index contributed by atoms with van der Waals surface area (Å²) in [6.07, 6.45) is 0. The van der Waals surface area contributed by atoms with Gasteiger partial charge < -0.3 is 20.4 Å². The molecule has 1 aromatic heterocycles. The summed E-state index contributed by atoms with van der Waals surface area (Å²) in [6, 6.07) is 9.21. The lowest BCUT2D eigenvalue weighted by Crippen LogP contribution is -2.20. The molecule has 2 aromatic rings. The van der Waals surface area contributed by atoms with Crippen LogP contribution in [0.2, 0.25) is 0 Å². The number of rotatable bonds is 3. The second-order valence-corrected chi connectivity index (χ2v) is 4.39. The molecular weight excluding hydrogens is 242 g/mol.